The van der Waals surface area contributed by atoms with Gasteiger partial charge in [-0.3, -0.25) is 4.57 Å². The molecule has 0 heterocycles. The van der Waals surface area contributed by atoms with Gasteiger partial charge in [-0.2, -0.15) is 0 Å². The highest BCUT2D eigenvalue weighted by atomic mass is 31.2. The van der Waals surface area contributed by atoms with E-state index in [0.29, 0.717) is 6.16 Å². The Morgan fingerprint density at radius 1 is 1.05 bits per heavy atom. The first-order valence-corrected chi connectivity index (χ1v) is 8.35. The molecule has 1 rings (SSSR count). The molecule has 0 unspecified atom stereocenters. The molecule has 0 saturated carbocycles. The molecule has 0 fully saturated rings. The monoisotopic (exact) mass is 282 g/mol. The Balaban J connectivity index is 2.12. The molecule has 19 heavy (non-hydrogen) atoms. The summed E-state index contributed by atoms with van der Waals surface area (Å²) in [5.74, 6) is 0. The van der Waals surface area contributed by atoms with Crippen molar-refractivity contribution in [3.63, 3.8) is 0 Å². The van der Waals surface area contributed by atoms with Gasteiger partial charge in [0.25, 0.3) is 0 Å². The van der Waals surface area contributed by atoms with Crippen molar-refractivity contribution in [1.29, 1.82) is 0 Å². The van der Waals surface area contributed by atoms with Gasteiger partial charge in [-0.25, -0.2) is 0 Å². The van der Waals surface area contributed by atoms with E-state index in [2.05, 4.69) is 24.3 Å². The number of hydrogen-bond donors (Lipinski definition) is 0. The summed E-state index contributed by atoms with van der Waals surface area (Å²) in [6.07, 6.45) is 8.86. The summed E-state index contributed by atoms with van der Waals surface area (Å²) >= 11 is 0. The number of hydrogen-bond acceptors (Lipinski definition) is 3. The molecule has 0 bridgehead atoms. The van der Waals surface area contributed by atoms with Gasteiger partial charge < -0.3 is 9.05 Å². The van der Waals surface area contributed by atoms with Crippen LogP contribution in [0.15, 0.2) is 36.4 Å². The third kappa shape index (κ3) is 6.72. The standard InChI is InChI=1S/C15H23O3P/c1-17-19(16,18-2)14-10-5-3-4-7-11-15-12-8-6-9-13-15/h6-9,11-13H,3-5,10,14H2,1-2H3. The zero-order valence-corrected chi connectivity index (χ0v) is 12.6. The number of allylic oxidation sites excluding steroid dienone is 1. The van der Waals surface area contributed by atoms with Crippen molar-refractivity contribution in [2.75, 3.05) is 20.4 Å². The van der Waals surface area contributed by atoms with Crippen molar-refractivity contribution in [3.05, 3.63) is 42.0 Å². The molecule has 0 aromatic heterocycles. The van der Waals surface area contributed by atoms with Crippen LogP contribution in [0, 0.1) is 0 Å². The van der Waals surface area contributed by atoms with Gasteiger partial charge in [-0.1, -0.05) is 48.9 Å². The lowest BCUT2D eigenvalue weighted by atomic mass is 10.1. The highest BCUT2D eigenvalue weighted by molar-refractivity contribution is 7.53. The lowest BCUT2D eigenvalue weighted by molar-refractivity contribution is 0.275. The van der Waals surface area contributed by atoms with Crippen LogP contribution in [0.1, 0.15) is 31.2 Å². The van der Waals surface area contributed by atoms with E-state index in [0.717, 1.165) is 25.7 Å². The van der Waals surface area contributed by atoms with E-state index in [9.17, 15) is 4.57 Å². The molecular formula is C15H23O3P. The Kier molecular flexibility index (Phi) is 7.73. The zero-order chi connectivity index (χ0) is 14.0. The van der Waals surface area contributed by atoms with Gasteiger partial charge in [-0.15, -0.1) is 0 Å². The van der Waals surface area contributed by atoms with Gasteiger partial charge in [-0.05, 0) is 24.8 Å². The molecule has 4 heteroatoms. The maximum absolute atomic E-state index is 11.8. The predicted octanol–water partition coefficient (Wildman–Crippen LogP) is 4.75. The van der Waals surface area contributed by atoms with E-state index in [1.165, 1.54) is 19.8 Å². The quantitative estimate of drug-likeness (QED) is 0.484. The van der Waals surface area contributed by atoms with E-state index in [4.69, 9.17) is 9.05 Å². The lowest BCUT2D eigenvalue weighted by Gasteiger charge is -2.12. The fourth-order valence-electron chi connectivity index (χ4n) is 1.79. The highest BCUT2D eigenvalue weighted by Crippen LogP contribution is 2.47. The van der Waals surface area contributed by atoms with Gasteiger partial charge >= 0.3 is 7.60 Å². The van der Waals surface area contributed by atoms with Crippen LogP contribution in [0.5, 0.6) is 0 Å². The summed E-state index contributed by atoms with van der Waals surface area (Å²) in [6, 6.07) is 10.3. The second-order valence-corrected chi connectivity index (χ2v) is 6.76. The van der Waals surface area contributed by atoms with Crippen LogP contribution in [-0.2, 0) is 13.6 Å². The van der Waals surface area contributed by atoms with Crippen molar-refractivity contribution in [1.82, 2.24) is 0 Å². The summed E-state index contributed by atoms with van der Waals surface area (Å²) in [6.45, 7) is 0. The van der Waals surface area contributed by atoms with Gasteiger partial charge in [0, 0.05) is 14.2 Å². The average molecular weight is 282 g/mol. The van der Waals surface area contributed by atoms with Crippen molar-refractivity contribution in [2.45, 2.75) is 25.7 Å². The summed E-state index contributed by atoms with van der Waals surface area (Å²) in [7, 11) is 0.0722. The molecule has 0 saturated heterocycles. The number of benzene rings is 1. The van der Waals surface area contributed by atoms with Crippen LogP contribution < -0.4 is 0 Å². The average Bonchev–Trinajstić information content (AvgIpc) is 2.47. The van der Waals surface area contributed by atoms with Crippen molar-refractivity contribution in [3.8, 4) is 0 Å². The Labute approximate surface area is 116 Å². The summed E-state index contributed by atoms with van der Waals surface area (Å²) < 4.78 is 21.5. The lowest BCUT2D eigenvalue weighted by Crippen LogP contribution is -1.94. The molecule has 0 atom stereocenters. The predicted molar refractivity (Wildman–Crippen MR) is 80.4 cm³/mol. The first-order chi connectivity index (χ1) is 9.20. The third-order valence-electron chi connectivity index (χ3n) is 2.97. The Morgan fingerprint density at radius 3 is 2.37 bits per heavy atom. The smallest absolute Gasteiger partial charge is 0.312 e. The molecular weight excluding hydrogens is 259 g/mol. The molecule has 0 aliphatic carbocycles. The second kappa shape index (κ2) is 9.08. The van der Waals surface area contributed by atoms with Crippen LogP contribution in [0.3, 0.4) is 0 Å². The minimum Gasteiger partial charge on any atom is -0.312 e. The molecule has 1 aromatic carbocycles. The highest BCUT2D eigenvalue weighted by Gasteiger charge is 2.19. The first-order valence-electron chi connectivity index (χ1n) is 6.62. The molecule has 1 aromatic rings. The molecule has 0 aliphatic heterocycles. The van der Waals surface area contributed by atoms with Crippen LogP contribution in [0.4, 0.5) is 0 Å². The number of unbranched alkanes of at least 4 members (excludes halogenated alkanes) is 3. The molecule has 0 aliphatic rings. The first kappa shape index (κ1) is 16.2. The van der Waals surface area contributed by atoms with E-state index in [1.807, 2.05) is 18.2 Å². The van der Waals surface area contributed by atoms with Gasteiger partial charge in [0.15, 0.2) is 0 Å². The largest absolute Gasteiger partial charge is 0.330 e. The van der Waals surface area contributed by atoms with Crippen LogP contribution in [0.25, 0.3) is 6.08 Å². The van der Waals surface area contributed by atoms with Crippen LogP contribution in [-0.4, -0.2) is 20.4 Å². The van der Waals surface area contributed by atoms with Crippen molar-refractivity contribution >= 4 is 13.7 Å². The van der Waals surface area contributed by atoms with E-state index >= 15 is 0 Å². The minimum atomic E-state index is -2.80. The third-order valence-corrected chi connectivity index (χ3v) is 4.95. The summed E-state index contributed by atoms with van der Waals surface area (Å²) in [5, 5.41) is 0. The molecule has 3 nitrogen and oxygen atoms in total. The van der Waals surface area contributed by atoms with Gasteiger partial charge in [0.1, 0.15) is 0 Å². The Hall–Kier alpha value is -0.890. The Bertz CT molecular complexity index is 407. The summed E-state index contributed by atoms with van der Waals surface area (Å²) in [4.78, 5) is 0. The number of rotatable bonds is 9. The van der Waals surface area contributed by atoms with Crippen molar-refractivity contribution in [2.24, 2.45) is 0 Å². The van der Waals surface area contributed by atoms with E-state index in [-0.39, 0.29) is 0 Å². The van der Waals surface area contributed by atoms with Crippen LogP contribution in [0.2, 0.25) is 0 Å². The van der Waals surface area contributed by atoms with Gasteiger partial charge in [0.2, 0.25) is 0 Å². The molecule has 0 spiro atoms. The second-order valence-electron chi connectivity index (χ2n) is 4.36. The maximum atomic E-state index is 11.8. The van der Waals surface area contributed by atoms with Crippen molar-refractivity contribution < 1.29 is 13.6 Å². The maximum Gasteiger partial charge on any atom is 0.330 e. The molecule has 106 valence electrons. The molecule has 0 amide bonds. The minimum absolute atomic E-state index is 0.502. The van der Waals surface area contributed by atoms with Crippen LogP contribution >= 0.6 is 7.60 Å². The fraction of sp³-hybridized carbons (Fsp3) is 0.467. The fourth-order valence-corrected chi connectivity index (χ4v) is 2.91. The zero-order valence-electron chi connectivity index (χ0n) is 11.7. The molecule has 0 radical (unpaired) electrons. The van der Waals surface area contributed by atoms with E-state index < -0.39 is 7.60 Å². The SMILES string of the molecule is COP(=O)(CCCCCC=Cc1ccccc1)OC. The molecule has 0 N–H and O–H groups in total. The Morgan fingerprint density at radius 2 is 1.74 bits per heavy atom. The summed E-state index contributed by atoms with van der Waals surface area (Å²) in [5.41, 5.74) is 1.23. The van der Waals surface area contributed by atoms with E-state index in [1.54, 1.807) is 0 Å². The topological polar surface area (TPSA) is 35.5 Å². The van der Waals surface area contributed by atoms with Gasteiger partial charge in [0.05, 0.1) is 6.16 Å². The normalized spacial score (nSPS) is 12.1.